The van der Waals surface area contributed by atoms with Gasteiger partial charge in [0.25, 0.3) is 5.91 Å². The van der Waals surface area contributed by atoms with Gasteiger partial charge in [-0.05, 0) is 23.3 Å². The number of nitrogens with zero attached hydrogens (tertiary/aromatic N) is 2. The highest BCUT2D eigenvalue weighted by molar-refractivity contribution is 8.14. The topological polar surface area (TPSA) is 79.4 Å². The van der Waals surface area contributed by atoms with Gasteiger partial charge in [0.05, 0.1) is 5.88 Å². The Morgan fingerprint density at radius 1 is 0.931 bits per heavy atom. The molecule has 1 aliphatic rings. The van der Waals surface area contributed by atoms with Crippen LogP contribution in [-0.2, 0) is 10.3 Å². The number of carbonyl (C=O) groups is 3. The molecule has 2 heterocycles. The minimum atomic E-state index is -1.35. The number of nitrogens with one attached hydrogen (secondary N) is 1. The smallest absolute Gasteiger partial charge is 0.292 e. The van der Waals surface area contributed by atoms with Crippen molar-refractivity contribution in [2.45, 2.75) is 5.54 Å². The standard InChI is InChI=1S/C22H17N3O3S/c26-19(16-8-7-13-23-14-16)29-15-25-21(28)24-20(27)22(25,17-9-3-1-4-10-17)18-11-5-2-6-12-18/h1-14H,15H2,(H,24,27,28). The van der Waals surface area contributed by atoms with Crippen LogP contribution in [0.5, 0.6) is 0 Å². The Morgan fingerprint density at radius 3 is 2.10 bits per heavy atom. The number of thioether (sulfide) groups is 1. The molecular weight excluding hydrogens is 386 g/mol. The lowest BCUT2D eigenvalue weighted by Crippen LogP contribution is -2.47. The van der Waals surface area contributed by atoms with E-state index in [0.29, 0.717) is 16.7 Å². The second kappa shape index (κ2) is 7.89. The van der Waals surface area contributed by atoms with Gasteiger partial charge in [0.2, 0.25) is 5.12 Å². The number of hydrogen-bond acceptors (Lipinski definition) is 5. The van der Waals surface area contributed by atoms with E-state index in [9.17, 15) is 14.4 Å². The van der Waals surface area contributed by atoms with Gasteiger partial charge in [0.1, 0.15) is 0 Å². The molecule has 1 aliphatic heterocycles. The van der Waals surface area contributed by atoms with Gasteiger partial charge in [-0.15, -0.1) is 0 Å². The third-order valence-corrected chi connectivity index (χ3v) is 5.69. The Hall–Kier alpha value is -3.45. The summed E-state index contributed by atoms with van der Waals surface area (Å²) in [6.07, 6.45) is 3.07. The Balaban J connectivity index is 1.75. The molecule has 0 saturated carbocycles. The third-order valence-electron chi connectivity index (χ3n) is 4.80. The summed E-state index contributed by atoms with van der Waals surface area (Å²) in [5, 5.41) is 2.21. The molecule has 0 spiro atoms. The second-order valence-corrected chi connectivity index (χ2v) is 7.35. The van der Waals surface area contributed by atoms with Crippen LogP contribution in [0.3, 0.4) is 0 Å². The molecular formula is C22H17N3O3S. The van der Waals surface area contributed by atoms with Crippen molar-refractivity contribution >= 4 is 28.8 Å². The first-order valence-electron chi connectivity index (χ1n) is 8.95. The lowest BCUT2D eigenvalue weighted by Gasteiger charge is -2.35. The maximum Gasteiger partial charge on any atom is 0.326 e. The summed E-state index contributed by atoms with van der Waals surface area (Å²) in [7, 11) is 0. The van der Waals surface area contributed by atoms with Gasteiger partial charge in [-0.2, -0.15) is 0 Å². The van der Waals surface area contributed by atoms with Crippen LogP contribution in [-0.4, -0.2) is 32.8 Å². The van der Waals surface area contributed by atoms with Crippen LogP contribution in [0.4, 0.5) is 4.79 Å². The lowest BCUT2D eigenvalue weighted by atomic mass is 9.82. The first kappa shape index (κ1) is 18.9. The molecule has 1 N–H and O–H groups in total. The fraction of sp³-hybridized carbons (Fsp3) is 0.0909. The maximum atomic E-state index is 13.2. The van der Waals surface area contributed by atoms with E-state index in [2.05, 4.69) is 10.3 Å². The zero-order valence-electron chi connectivity index (χ0n) is 15.3. The SMILES string of the molecule is O=C(SCN1C(=O)NC(=O)C1(c1ccccc1)c1ccccc1)c1cccnc1. The molecule has 4 rings (SSSR count). The Morgan fingerprint density at radius 2 is 1.55 bits per heavy atom. The van der Waals surface area contributed by atoms with Gasteiger partial charge in [-0.1, -0.05) is 72.4 Å². The molecule has 144 valence electrons. The molecule has 0 unspecified atom stereocenters. The molecule has 0 atom stereocenters. The van der Waals surface area contributed by atoms with E-state index in [0.717, 1.165) is 11.8 Å². The number of urea groups is 1. The fourth-order valence-electron chi connectivity index (χ4n) is 3.47. The number of pyridine rings is 1. The number of carbonyl (C=O) groups excluding carboxylic acids is 3. The summed E-state index contributed by atoms with van der Waals surface area (Å²) in [5.74, 6) is -0.427. The fourth-order valence-corrected chi connectivity index (χ4v) is 4.32. The number of amides is 3. The molecule has 7 heteroatoms. The highest BCUT2D eigenvalue weighted by Gasteiger charge is 2.55. The highest BCUT2D eigenvalue weighted by Crippen LogP contribution is 2.40. The summed E-state index contributed by atoms with van der Waals surface area (Å²) < 4.78 is 0. The molecule has 1 fully saturated rings. The molecule has 0 radical (unpaired) electrons. The zero-order chi connectivity index (χ0) is 20.3. The molecule has 29 heavy (non-hydrogen) atoms. The summed E-state index contributed by atoms with van der Waals surface area (Å²) in [6.45, 7) is 0. The molecule has 1 saturated heterocycles. The number of benzene rings is 2. The van der Waals surface area contributed by atoms with Crippen LogP contribution < -0.4 is 5.32 Å². The van der Waals surface area contributed by atoms with Gasteiger partial charge in [-0.25, -0.2) is 4.79 Å². The zero-order valence-corrected chi connectivity index (χ0v) is 16.1. The molecule has 1 aromatic heterocycles. The van der Waals surface area contributed by atoms with Crippen LogP contribution in [0.25, 0.3) is 0 Å². The van der Waals surface area contributed by atoms with E-state index in [-0.39, 0.29) is 11.0 Å². The highest BCUT2D eigenvalue weighted by atomic mass is 32.2. The second-order valence-electron chi connectivity index (χ2n) is 6.43. The lowest BCUT2D eigenvalue weighted by molar-refractivity contribution is -0.124. The third kappa shape index (κ3) is 3.30. The van der Waals surface area contributed by atoms with Crippen molar-refractivity contribution in [3.05, 3.63) is 102 Å². The van der Waals surface area contributed by atoms with Crippen LogP contribution in [0.1, 0.15) is 21.5 Å². The molecule has 6 nitrogen and oxygen atoms in total. The van der Waals surface area contributed by atoms with Crippen molar-refractivity contribution in [1.29, 1.82) is 0 Å². The summed E-state index contributed by atoms with van der Waals surface area (Å²) >= 11 is 0.958. The Bertz CT molecular complexity index is 1000. The minimum Gasteiger partial charge on any atom is -0.292 e. The quantitative estimate of drug-likeness (QED) is 0.661. The molecule has 0 aliphatic carbocycles. The Kier molecular flexibility index (Phi) is 5.14. The maximum absolute atomic E-state index is 13.2. The summed E-state index contributed by atoms with van der Waals surface area (Å²) in [5.41, 5.74) is 0.406. The van der Waals surface area contributed by atoms with E-state index in [1.165, 1.54) is 11.1 Å². The van der Waals surface area contributed by atoms with Crippen molar-refractivity contribution in [3.8, 4) is 0 Å². The van der Waals surface area contributed by atoms with Crippen LogP contribution in [0.2, 0.25) is 0 Å². The van der Waals surface area contributed by atoms with E-state index in [1.54, 1.807) is 18.3 Å². The largest absolute Gasteiger partial charge is 0.326 e. The van der Waals surface area contributed by atoms with Crippen molar-refractivity contribution in [1.82, 2.24) is 15.2 Å². The van der Waals surface area contributed by atoms with Crippen LogP contribution in [0, 0.1) is 0 Å². The van der Waals surface area contributed by atoms with E-state index in [1.807, 2.05) is 60.7 Å². The normalized spacial score (nSPS) is 15.2. The van der Waals surface area contributed by atoms with E-state index >= 15 is 0 Å². The van der Waals surface area contributed by atoms with E-state index in [4.69, 9.17) is 0 Å². The van der Waals surface area contributed by atoms with Crippen molar-refractivity contribution in [2.75, 3.05) is 5.88 Å². The molecule has 0 bridgehead atoms. The molecule has 3 amide bonds. The molecule has 3 aromatic rings. The van der Waals surface area contributed by atoms with E-state index < -0.39 is 17.5 Å². The van der Waals surface area contributed by atoms with Gasteiger partial charge in [-0.3, -0.25) is 24.8 Å². The van der Waals surface area contributed by atoms with Crippen LogP contribution in [0.15, 0.2) is 85.2 Å². The predicted molar refractivity (Wildman–Crippen MR) is 110 cm³/mol. The minimum absolute atomic E-state index is 0.00902. The number of imide groups is 1. The van der Waals surface area contributed by atoms with Crippen molar-refractivity contribution in [3.63, 3.8) is 0 Å². The Labute approximate surface area is 172 Å². The predicted octanol–water partition coefficient (Wildman–Crippen LogP) is 3.41. The van der Waals surface area contributed by atoms with Gasteiger partial charge >= 0.3 is 6.03 Å². The summed E-state index contributed by atoms with van der Waals surface area (Å²) in [4.78, 5) is 43.8. The number of aromatic nitrogens is 1. The number of rotatable bonds is 5. The van der Waals surface area contributed by atoms with Gasteiger partial charge in [0, 0.05) is 18.0 Å². The van der Waals surface area contributed by atoms with Crippen LogP contribution >= 0.6 is 11.8 Å². The average molecular weight is 403 g/mol. The van der Waals surface area contributed by atoms with Crippen molar-refractivity contribution in [2.24, 2.45) is 0 Å². The monoisotopic (exact) mass is 403 g/mol. The first-order chi connectivity index (χ1) is 14.1. The number of hydrogen-bond donors (Lipinski definition) is 1. The van der Waals surface area contributed by atoms with Gasteiger partial charge in [0.15, 0.2) is 5.54 Å². The van der Waals surface area contributed by atoms with Crippen molar-refractivity contribution < 1.29 is 14.4 Å². The average Bonchev–Trinajstić information content (AvgIpc) is 3.03. The summed E-state index contributed by atoms with van der Waals surface area (Å²) in [6, 6.07) is 21.0. The molecule has 2 aromatic carbocycles. The first-order valence-corrected chi connectivity index (χ1v) is 9.94. The van der Waals surface area contributed by atoms with Gasteiger partial charge < -0.3 is 0 Å².